The lowest BCUT2D eigenvalue weighted by molar-refractivity contribution is -0.143. The molecule has 0 atom stereocenters. The fraction of sp³-hybridized carbons (Fsp3) is 0.333. The average Bonchev–Trinajstić information content (AvgIpc) is 2.52. The van der Waals surface area contributed by atoms with E-state index in [1.165, 1.54) is 17.0 Å². The molecule has 0 bridgehead atoms. The van der Waals surface area contributed by atoms with Gasteiger partial charge in [-0.1, -0.05) is 6.07 Å². The maximum atomic E-state index is 12.2. The largest absolute Gasteiger partial charge is 0.465 e. The molecular formula is C15H18N4O3. The Kier molecular flexibility index (Phi) is 5.65. The smallest absolute Gasteiger partial charge is 0.326 e. The Labute approximate surface area is 128 Å². The highest BCUT2D eigenvalue weighted by molar-refractivity contribution is 5.69. The molecule has 0 aliphatic heterocycles. The summed E-state index contributed by atoms with van der Waals surface area (Å²) in [6.45, 7) is 2.42. The van der Waals surface area contributed by atoms with Gasteiger partial charge < -0.3 is 10.1 Å². The van der Waals surface area contributed by atoms with Crippen molar-refractivity contribution in [2.24, 2.45) is 0 Å². The molecule has 0 spiro atoms. The van der Waals surface area contributed by atoms with E-state index in [4.69, 9.17) is 4.74 Å². The number of ether oxygens (including phenoxy) is 1. The molecule has 7 heteroatoms. The lowest BCUT2D eigenvalue weighted by Gasteiger charge is -2.08. The molecule has 2 aromatic heterocycles. The van der Waals surface area contributed by atoms with Crippen molar-refractivity contribution in [1.29, 1.82) is 0 Å². The molecule has 0 saturated heterocycles. The number of esters is 1. The number of carbonyl (C=O) groups is 1. The van der Waals surface area contributed by atoms with E-state index < -0.39 is 5.97 Å². The van der Waals surface area contributed by atoms with Gasteiger partial charge in [0.25, 0.3) is 5.56 Å². The second-order valence-corrected chi connectivity index (χ2v) is 4.51. The lowest BCUT2D eigenvalue weighted by Crippen LogP contribution is -2.28. The quantitative estimate of drug-likeness (QED) is 0.763. The first-order valence-electron chi connectivity index (χ1n) is 7.05. The number of nitrogens with zero attached hydrogens (tertiary/aromatic N) is 3. The summed E-state index contributed by atoms with van der Waals surface area (Å²) >= 11 is 0. The molecule has 0 radical (unpaired) electrons. The van der Waals surface area contributed by atoms with E-state index in [1.807, 2.05) is 18.2 Å². The summed E-state index contributed by atoms with van der Waals surface area (Å²) < 4.78 is 6.10. The first-order valence-corrected chi connectivity index (χ1v) is 7.05. The number of rotatable bonds is 7. The molecule has 0 unspecified atom stereocenters. The van der Waals surface area contributed by atoms with Crippen molar-refractivity contribution in [2.45, 2.75) is 19.9 Å². The Balaban J connectivity index is 1.97. The van der Waals surface area contributed by atoms with Gasteiger partial charge in [0, 0.05) is 37.3 Å². The van der Waals surface area contributed by atoms with Crippen molar-refractivity contribution < 1.29 is 9.53 Å². The van der Waals surface area contributed by atoms with Gasteiger partial charge in [0.05, 0.1) is 6.61 Å². The molecule has 1 N–H and O–H groups in total. The minimum atomic E-state index is -0.449. The zero-order valence-electron chi connectivity index (χ0n) is 12.4. The van der Waals surface area contributed by atoms with Crippen LogP contribution in [0.25, 0.3) is 0 Å². The van der Waals surface area contributed by atoms with E-state index >= 15 is 0 Å². The summed E-state index contributed by atoms with van der Waals surface area (Å²) in [6.07, 6.45) is 5.34. The van der Waals surface area contributed by atoms with Crippen molar-refractivity contribution in [3.63, 3.8) is 0 Å². The second-order valence-electron chi connectivity index (χ2n) is 4.51. The Morgan fingerprint density at radius 2 is 2.18 bits per heavy atom. The van der Waals surface area contributed by atoms with Crippen LogP contribution >= 0.6 is 0 Å². The predicted molar refractivity (Wildman–Crippen MR) is 81.6 cm³/mol. The monoisotopic (exact) mass is 302 g/mol. The molecule has 7 nitrogen and oxygen atoms in total. The van der Waals surface area contributed by atoms with Gasteiger partial charge in [0.1, 0.15) is 6.54 Å². The van der Waals surface area contributed by atoms with E-state index in [1.54, 1.807) is 13.1 Å². The molecule has 22 heavy (non-hydrogen) atoms. The Hall–Kier alpha value is -2.70. The molecule has 0 amide bonds. The highest BCUT2D eigenvalue weighted by atomic mass is 16.5. The van der Waals surface area contributed by atoms with Crippen molar-refractivity contribution in [1.82, 2.24) is 14.5 Å². The van der Waals surface area contributed by atoms with E-state index in [9.17, 15) is 9.59 Å². The van der Waals surface area contributed by atoms with Gasteiger partial charge in [-0.2, -0.15) is 0 Å². The van der Waals surface area contributed by atoms with Crippen LogP contribution in [-0.4, -0.2) is 33.7 Å². The Morgan fingerprint density at radius 3 is 2.91 bits per heavy atom. The first kappa shape index (κ1) is 15.7. The molecule has 116 valence electrons. The van der Waals surface area contributed by atoms with E-state index in [2.05, 4.69) is 15.3 Å². The van der Waals surface area contributed by atoms with Crippen LogP contribution in [0.1, 0.15) is 12.6 Å². The summed E-state index contributed by atoms with van der Waals surface area (Å²) in [7, 11) is 0. The topological polar surface area (TPSA) is 86.1 Å². The standard InChI is InChI=1S/C15H18N4O3/c1-2-22-13(20)11-19-10-9-18-14(15(19)21)17-8-6-12-5-3-4-7-16-12/h3-5,7,9-10H,2,6,8,11H2,1H3,(H,17,18). The summed E-state index contributed by atoms with van der Waals surface area (Å²) in [5, 5.41) is 2.97. The van der Waals surface area contributed by atoms with Crippen LogP contribution in [0, 0.1) is 0 Å². The maximum absolute atomic E-state index is 12.2. The van der Waals surface area contributed by atoms with Gasteiger partial charge in [-0.15, -0.1) is 0 Å². The van der Waals surface area contributed by atoms with Crippen molar-refractivity contribution in [3.05, 3.63) is 52.8 Å². The van der Waals surface area contributed by atoms with Gasteiger partial charge in [-0.3, -0.25) is 19.1 Å². The summed E-state index contributed by atoms with van der Waals surface area (Å²) in [5.74, 6) is -0.238. The van der Waals surface area contributed by atoms with Crippen LogP contribution in [0.5, 0.6) is 0 Å². The van der Waals surface area contributed by atoms with Crippen LogP contribution in [0.15, 0.2) is 41.6 Å². The Morgan fingerprint density at radius 1 is 1.32 bits per heavy atom. The number of carbonyl (C=O) groups excluding carboxylic acids is 1. The first-order chi connectivity index (χ1) is 10.7. The normalized spacial score (nSPS) is 10.2. The molecule has 2 heterocycles. The van der Waals surface area contributed by atoms with E-state index in [-0.39, 0.29) is 24.5 Å². The summed E-state index contributed by atoms with van der Waals surface area (Å²) in [4.78, 5) is 31.8. The number of hydrogen-bond acceptors (Lipinski definition) is 6. The van der Waals surface area contributed by atoms with Gasteiger partial charge in [0.15, 0.2) is 5.82 Å². The molecule has 0 fully saturated rings. The average molecular weight is 302 g/mol. The third-order valence-corrected chi connectivity index (χ3v) is 2.92. The van der Waals surface area contributed by atoms with Crippen LogP contribution in [0.2, 0.25) is 0 Å². The molecule has 0 aliphatic rings. The second kappa shape index (κ2) is 7.92. The van der Waals surface area contributed by atoms with Gasteiger partial charge >= 0.3 is 5.97 Å². The van der Waals surface area contributed by atoms with Gasteiger partial charge in [-0.05, 0) is 19.1 Å². The fourth-order valence-corrected chi connectivity index (χ4v) is 1.89. The van der Waals surface area contributed by atoms with E-state index in [0.717, 1.165) is 5.69 Å². The summed E-state index contributed by atoms with van der Waals surface area (Å²) in [5.41, 5.74) is 0.578. The molecule has 0 aromatic carbocycles. The van der Waals surface area contributed by atoms with Gasteiger partial charge in [-0.25, -0.2) is 4.98 Å². The molecule has 0 saturated carbocycles. The maximum Gasteiger partial charge on any atom is 0.326 e. The molecule has 2 aromatic rings. The zero-order valence-corrected chi connectivity index (χ0v) is 12.4. The van der Waals surface area contributed by atoms with Crippen LogP contribution in [0.4, 0.5) is 5.82 Å². The minimum Gasteiger partial charge on any atom is -0.465 e. The lowest BCUT2D eigenvalue weighted by atomic mass is 10.3. The number of nitrogens with one attached hydrogen (secondary N) is 1. The zero-order chi connectivity index (χ0) is 15.8. The third-order valence-electron chi connectivity index (χ3n) is 2.92. The van der Waals surface area contributed by atoms with Gasteiger partial charge in [0.2, 0.25) is 0 Å². The highest BCUT2D eigenvalue weighted by Gasteiger charge is 2.08. The summed E-state index contributed by atoms with van der Waals surface area (Å²) in [6, 6.07) is 5.68. The predicted octanol–water partition coefficient (Wildman–Crippen LogP) is 0.856. The molecular weight excluding hydrogens is 284 g/mol. The molecule has 2 rings (SSSR count). The van der Waals surface area contributed by atoms with Crippen molar-refractivity contribution in [3.8, 4) is 0 Å². The van der Waals surface area contributed by atoms with Crippen molar-refractivity contribution in [2.75, 3.05) is 18.5 Å². The Bertz CT molecular complexity index is 670. The number of pyridine rings is 1. The van der Waals surface area contributed by atoms with Crippen LogP contribution in [0.3, 0.4) is 0 Å². The number of aromatic nitrogens is 3. The van der Waals surface area contributed by atoms with E-state index in [0.29, 0.717) is 13.0 Å². The van der Waals surface area contributed by atoms with Crippen LogP contribution < -0.4 is 10.9 Å². The molecule has 0 aliphatic carbocycles. The van der Waals surface area contributed by atoms with Crippen molar-refractivity contribution >= 4 is 11.8 Å². The van der Waals surface area contributed by atoms with Crippen LogP contribution in [-0.2, 0) is 22.5 Å². The number of anilines is 1. The third kappa shape index (κ3) is 4.41. The highest BCUT2D eigenvalue weighted by Crippen LogP contribution is 1.97. The minimum absolute atomic E-state index is 0.121. The SMILES string of the molecule is CCOC(=O)Cn1ccnc(NCCc2ccccn2)c1=O. The fourth-order valence-electron chi connectivity index (χ4n) is 1.89. The number of hydrogen-bond donors (Lipinski definition) is 1.